The highest BCUT2D eigenvalue weighted by atomic mass is 19.4. The lowest BCUT2D eigenvalue weighted by Crippen LogP contribution is -2.40. The molecule has 0 bridgehead atoms. The molecule has 0 saturated heterocycles. The van der Waals surface area contributed by atoms with E-state index in [4.69, 9.17) is 4.74 Å². The van der Waals surface area contributed by atoms with Gasteiger partial charge < -0.3 is 15.0 Å². The van der Waals surface area contributed by atoms with Gasteiger partial charge in [0.15, 0.2) is 0 Å². The van der Waals surface area contributed by atoms with Crippen LogP contribution < -0.4 is 5.32 Å². The minimum Gasteiger partial charge on any atom is -0.378 e. The van der Waals surface area contributed by atoms with Crippen molar-refractivity contribution in [1.82, 2.24) is 10.2 Å². The van der Waals surface area contributed by atoms with Crippen LogP contribution in [0.2, 0.25) is 0 Å². The van der Waals surface area contributed by atoms with E-state index in [-0.39, 0.29) is 18.1 Å². The van der Waals surface area contributed by atoms with Crippen molar-refractivity contribution in [2.75, 3.05) is 26.7 Å². The predicted octanol–water partition coefficient (Wildman–Crippen LogP) is 6.84. The molecular weight excluding hydrogens is 441 g/mol. The molecule has 0 spiro atoms. The topological polar surface area (TPSA) is 41.6 Å². The summed E-state index contributed by atoms with van der Waals surface area (Å²) in [5.41, 5.74) is -0.445. The lowest BCUT2D eigenvalue weighted by Gasteiger charge is -2.34. The van der Waals surface area contributed by atoms with Crippen molar-refractivity contribution in [1.29, 1.82) is 0 Å². The van der Waals surface area contributed by atoms with Crippen LogP contribution in [0.25, 0.3) is 0 Å². The van der Waals surface area contributed by atoms with Crippen molar-refractivity contribution in [3.8, 4) is 0 Å². The van der Waals surface area contributed by atoms with Gasteiger partial charge in [-0.2, -0.15) is 13.2 Å². The Kier molecular flexibility index (Phi) is 13.0. The second-order valence-electron chi connectivity index (χ2n) is 9.52. The van der Waals surface area contributed by atoms with Crippen molar-refractivity contribution in [2.45, 2.75) is 102 Å². The van der Waals surface area contributed by atoms with Gasteiger partial charge in [-0.25, -0.2) is 0 Å². The Labute approximate surface area is 203 Å². The molecule has 0 heterocycles. The maximum absolute atomic E-state index is 12.7. The highest BCUT2D eigenvalue weighted by molar-refractivity contribution is 5.94. The van der Waals surface area contributed by atoms with Crippen LogP contribution in [0.4, 0.5) is 13.2 Å². The maximum atomic E-state index is 12.7. The number of benzene rings is 1. The molecule has 7 heteroatoms. The summed E-state index contributed by atoms with van der Waals surface area (Å²) in [4.78, 5) is 14.4. The quantitative estimate of drug-likeness (QED) is 0.277. The number of ether oxygens (including phenoxy) is 1. The van der Waals surface area contributed by atoms with Crippen molar-refractivity contribution in [3.63, 3.8) is 0 Å². The Hall–Kier alpha value is -1.60. The summed E-state index contributed by atoms with van der Waals surface area (Å²) in [6.45, 7) is 5.27. The van der Waals surface area contributed by atoms with Crippen LogP contribution in [0, 0.1) is 0 Å². The fourth-order valence-electron chi connectivity index (χ4n) is 4.53. The molecule has 0 unspecified atom stereocenters. The Balaban J connectivity index is 1.54. The number of alkyl halides is 3. The molecule has 0 atom stereocenters. The number of rotatable bonds is 15. The molecule has 194 valence electrons. The fraction of sp³-hybridized carbons (Fsp3) is 0.741. The van der Waals surface area contributed by atoms with Crippen LogP contribution in [0.15, 0.2) is 24.3 Å². The molecule has 2 rings (SSSR count). The van der Waals surface area contributed by atoms with E-state index in [1.165, 1.54) is 57.1 Å². The molecule has 0 aliphatic heterocycles. The van der Waals surface area contributed by atoms with E-state index in [9.17, 15) is 18.0 Å². The predicted molar refractivity (Wildman–Crippen MR) is 131 cm³/mol. The first kappa shape index (κ1) is 28.6. The van der Waals surface area contributed by atoms with Crippen LogP contribution in [0.5, 0.6) is 0 Å². The van der Waals surface area contributed by atoms with E-state index in [1.54, 1.807) is 11.9 Å². The Morgan fingerprint density at radius 1 is 0.941 bits per heavy atom. The number of unbranched alkanes of at least 4 members (excludes halogenated alkanes) is 6. The van der Waals surface area contributed by atoms with Crippen LogP contribution in [0.3, 0.4) is 0 Å². The summed E-state index contributed by atoms with van der Waals surface area (Å²) in [5.74, 6) is -0.228. The van der Waals surface area contributed by atoms with Gasteiger partial charge in [-0.1, -0.05) is 39.0 Å². The largest absolute Gasteiger partial charge is 0.416 e. The molecule has 1 aliphatic carbocycles. The lowest BCUT2D eigenvalue weighted by molar-refractivity contribution is -0.137. The van der Waals surface area contributed by atoms with E-state index >= 15 is 0 Å². The van der Waals surface area contributed by atoms with Crippen molar-refractivity contribution in [2.24, 2.45) is 0 Å². The molecule has 1 aromatic carbocycles. The Bertz CT molecular complexity index is 686. The zero-order valence-corrected chi connectivity index (χ0v) is 21.0. The molecule has 1 saturated carbocycles. The fourth-order valence-corrected chi connectivity index (χ4v) is 4.53. The van der Waals surface area contributed by atoms with Gasteiger partial charge in [0.2, 0.25) is 0 Å². The molecule has 1 amide bonds. The normalized spacial score (nSPS) is 18.7. The number of carbonyl (C=O) groups excluding carboxylic acids is 1. The van der Waals surface area contributed by atoms with Gasteiger partial charge in [0.1, 0.15) is 0 Å². The van der Waals surface area contributed by atoms with E-state index < -0.39 is 11.7 Å². The average Bonchev–Trinajstić information content (AvgIpc) is 2.83. The Morgan fingerprint density at radius 2 is 1.53 bits per heavy atom. The monoisotopic (exact) mass is 484 g/mol. The molecule has 4 nitrogen and oxygen atoms in total. The maximum Gasteiger partial charge on any atom is 0.416 e. The first-order chi connectivity index (χ1) is 16.3. The number of nitrogens with zero attached hydrogens (tertiary/aromatic N) is 1. The van der Waals surface area contributed by atoms with Crippen molar-refractivity contribution < 1.29 is 22.7 Å². The second kappa shape index (κ2) is 15.4. The molecule has 1 aliphatic rings. The second-order valence-corrected chi connectivity index (χ2v) is 9.52. The van der Waals surface area contributed by atoms with E-state index in [2.05, 4.69) is 12.2 Å². The number of hydrogen-bond acceptors (Lipinski definition) is 3. The van der Waals surface area contributed by atoms with Crippen molar-refractivity contribution >= 4 is 5.91 Å². The third-order valence-corrected chi connectivity index (χ3v) is 6.78. The van der Waals surface area contributed by atoms with Gasteiger partial charge >= 0.3 is 6.18 Å². The van der Waals surface area contributed by atoms with Gasteiger partial charge in [0.05, 0.1) is 11.7 Å². The van der Waals surface area contributed by atoms with E-state index in [1.807, 2.05) is 0 Å². The summed E-state index contributed by atoms with van der Waals surface area (Å²) in [6, 6.07) is 4.57. The lowest BCUT2D eigenvalue weighted by atomic mass is 9.91. The molecule has 0 aromatic heterocycles. The van der Waals surface area contributed by atoms with Crippen LogP contribution in [-0.4, -0.2) is 49.7 Å². The molecular formula is C27H43F3N2O2. The van der Waals surface area contributed by atoms with Gasteiger partial charge in [0, 0.05) is 25.3 Å². The number of carbonyl (C=O) groups is 1. The van der Waals surface area contributed by atoms with Crippen LogP contribution in [-0.2, 0) is 10.9 Å². The highest BCUT2D eigenvalue weighted by Gasteiger charge is 2.31. The summed E-state index contributed by atoms with van der Waals surface area (Å²) < 4.78 is 44.3. The summed E-state index contributed by atoms with van der Waals surface area (Å²) in [5, 5.41) is 3.52. The number of hydrogen-bond donors (Lipinski definition) is 1. The molecule has 1 aromatic rings. The van der Waals surface area contributed by atoms with Gasteiger partial charge in [-0.3, -0.25) is 4.79 Å². The standard InChI is InChI=1S/C27H43F3N2O2/c1-3-4-5-8-19-31-20-9-6-7-10-21-34-25-17-15-24(16-18-25)32(2)26(33)22-11-13-23(14-12-22)27(28,29)30/h11-14,24-25,31H,3-10,15-21H2,1-2H3. The van der Waals surface area contributed by atoms with E-state index in [0.717, 1.165) is 63.9 Å². The number of amides is 1. The SMILES string of the molecule is CCCCCCNCCCCCCOC1CCC(N(C)C(=O)c2ccc(C(F)(F)F)cc2)CC1. The van der Waals surface area contributed by atoms with Gasteiger partial charge in [-0.15, -0.1) is 0 Å². The van der Waals surface area contributed by atoms with Crippen LogP contribution in [0.1, 0.15) is 99.9 Å². The van der Waals surface area contributed by atoms with E-state index in [0.29, 0.717) is 5.56 Å². The average molecular weight is 485 g/mol. The zero-order valence-electron chi connectivity index (χ0n) is 21.0. The molecule has 34 heavy (non-hydrogen) atoms. The Morgan fingerprint density at radius 3 is 2.12 bits per heavy atom. The number of nitrogens with one attached hydrogen (secondary N) is 1. The highest BCUT2D eigenvalue weighted by Crippen LogP contribution is 2.30. The first-order valence-corrected chi connectivity index (χ1v) is 13.1. The number of halogens is 3. The minimum absolute atomic E-state index is 0.101. The third-order valence-electron chi connectivity index (χ3n) is 6.78. The van der Waals surface area contributed by atoms with Crippen LogP contribution >= 0.6 is 0 Å². The third kappa shape index (κ3) is 10.3. The minimum atomic E-state index is -4.39. The molecule has 1 N–H and O–H groups in total. The summed E-state index contributed by atoms with van der Waals surface area (Å²) in [7, 11) is 1.74. The van der Waals surface area contributed by atoms with Crippen molar-refractivity contribution in [3.05, 3.63) is 35.4 Å². The zero-order chi connectivity index (χ0) is 24.8. The smallest absolute Gasteiger partial charge is 0.378 e. The van der Waals surface area contributed by atoms with Gasteiger partial charge in [0.25, 0.3) is 5.91 Å². The summed E-state index contributed by atoms with van der Waals surface area (Å²) in [6.07, 6.45) is 9.35. The molecule has 1 fully saturated rings. The summed E-state index contributed by atoms with van der Waals surface area (Å²) >= 11 is 0. The van der Waals surface area contributed by atoms with Gasteiger partial charge in [-0.05, 0) is 82.3 Å². The first-order valence-electron chi connectivity index (χ1n) is 13.1. The molecule has 0 radical (unpaired) electrons.